The van der Waals surface area contributed by atoms with Crippen molar-refractivity contribution in [1.29, 1.82) is 0 Å². The summed E-state index contributed by atoms with van der Waals surface area (Å²) >= 11 is 0. The van der Waals surface area contributed by atoms with Crippen LogP contribution in [0, 0.1) is 0 Å². The lowest BCUT2D eigenvalue weighted by Crippen LogP contribution is -2.13. The van der Waals surface area contributed by atoms with Crippen LogP contribution in [0.1, 0.15) is 15.9 Å². The van der Waals surface area contributed by atoms with E-state index < -0.39 is 0 Å². The van der Waals surface area contributed by atoms with Crippen molar-refractivity contribution in [2.75, 3.05) is 13.2 Å². The molecule has 0 atom stereocenters. The summed E-state index contributed by atoms with van der Waals surface area (Å²) < 4.78 is 5.40. The summed E-state index contributed by atoms with van der Waals surface area (Å²) in [7, 11) is 0. The molecule has 1 aliphatic rings. The molecular weight excluding hydrogens is 236 g/mol. The third-order valence-corrected chi connectivity index (χ3v) is 3.30. The van der Waals surface area contributed by atoms with Crippen LogP contribution in [0.25, 0.3) is 16.8 Å². The highest BCUT2D eigenvalue weighted by atomic mass is 16.5. The molecule has 0 fully saturated rings. The van der Waals surface area contributed by atoms with Gasteiger partial charge in [-0.25, -0.2) is 0 Å². The Bertz CT molecular complexity index is 690. The van der Waals surface area contributed by atoms with Gasteiger partial charge in [0.15, 0.2) is 5.78 Å². The number of hydrogen-bond donors (Lipinski definition) is 0. The minimum atomic E-state index is 0.0633. The van der Waals surface area contributed by atoms with Gasteiger partial charge >= 0.3 is 0 Å². The standard InChI is InChI=1S/C17H14O2/c1-2-9-19-11-14-10-13-7-3-5-12-6-4-8-15(16(12)13)17(14)18/h2-8,10H,1,9,11H2. The first-order valence-electron chi connectivity index (χ1n) is 6.27. The summed E-state index contributed by atoms with van der Waals surface area (Å²) in [5.41, 5.74) is 2.56. The SMILES string of the molecule is C=CCOCC1=Cc2cccc3cccc(c23)C1=O. The lowest BCUT2D eigenvalue weighted by molar-refractivity contribution is 0.0999. The summed E-state index contributed by atoms with van der Waals surface area (Å²) in [4.78, 5) is 12.4. The van der Waals surface area contributed by atoms with Gasteiger partial charge in [-0.2, -0.15) is 0 Å². The Labute approximate surface area is 112 Å². The van der Waals surface area contributed by atoms with Gasteiger partial charge < -0.3 is 4.74 Å². The molecule has 0 unspecified atom stereocenters. The van der Waals surface area contributed by atoms with Crippen molar-refractivity contribution in [3.8, 4) is 0 Å². The van der Waals surface area contributed by atoms with Crippen LogP contribution in [-0.2, 0) is 4.74 Å². The number of rotatable bonds is 4. The third kappa shape index (κ3) is 2.00. The molecule has 0 amide bonds. The summed E-state index contributed by atoms with van der Waals surface area (Å²) in [6.45, 7) is 4.38. The van der Waals surface area contributed by atoms with E-state index in [1.807, 2.05) is 42.5 Å². The first-order valence-corrected chi connectivity index (χ1v) is 6.27. The van der Waals surface area contributed by atoms with Crippen LogP contribution in [-0.4, -0.2) is 19.0 Å². The van der Waals surface area contributed by atoms with Crippen LogP contribution in [0.4, 0.5) is 0 Å². The number of carbonyl (C=O) groups excluding carboxylic acids is 1. The van der Waals surface area contributed by atoms with Crippen LogP contribution in [0.2, 0.25) is 0 Å². The van der Waals surface area contributed by atoms with Crippen molar-refractivity contribution in [3.63, 3.8) is 0 Å². The molecule has 2 heteroatoms. The molecule has 2 aromatic rings. The lowest BCUT2D eigenvalue weighted by atomic mass is 9.88. The number of carbonyl (C=O) groups is 1. The Morgan fingerprint density at radius 3 is 2.74 bits per heavy atom. The Hall–Kier alpha value is -2.19. The minimum Gasteiger partial charge on any atom is -0.373 e. The number of benzene rings is 2. The van der Waals surface area contributed by atoms with Crippen molar-refractivity contribution in [1.82, 2.24) is 0 Å². The van der Waals surface area contributed by atoms with E-state index in [1.54, 1.807) is 6.08 Å². The molecule has 0 heterocycles. The summed E-state index contributed by atoms with van der Waals surface area (Å²) in [6, 6.07) is 11.9. The normalized spacial score (nSPS) is 13.5. The Morgan fingerprint density at radius 1 is 1.16 bits per heavy atom. The first kappa shape index (κ1) is 11.9. The summed E-state index contributed by atoms with van der Waals surface area (Å²) in [5, 5.41) is 2.15. The topological polar surface area (TPSA) is 26.3 Å². The van der Waals surface area contributed by atoms with Gasteiger partial charge in [0.2, 0.25) is 0 Å². The Kier molecular flexibility index (Phi) is 3.02. The van der Waals surface area contributed by atoms with Gasteiger partial charge in [-0.05, 0) is 17.0 Å². The van der Waals surface area contributed by atoms with Crippen LogP contribution in [0.5, 0.6) is 0 Å². The van der Waals surface area contributed by atoms with Gasteiger partial charge in [0, 0.05) is 16.5 Å². The fourth-order valence-electron chi connectivity index (χ4n) is 2.47. The number of ether oxygens (including phenoxy) is 1. The molecule has 94 valence electrons. The van der Waals surface area contributed by atoms with Crippen molar-refractivity contribution in [3.05, 3.63) is 65.8 Å². The second-order valence-electron chi connectivity index (χ2n) is 4.55. The van der Waals surface area contributed by atoms with E-state index in [2.05, 4.69) is 6.58 Å². The maximum Gasteiger partial charge on any atom is 0.192 e. The van der Waals surface area contributed by atoms with Gasteiger partial charge in [0.05, 0.1) is 13.2 Å². The van der Waals surface area contributed by atoms with Crippen molar-refractivity contribution < 1.29 is 9.53 Å². The van der Waals surface area contributed by atoms with E-state index in [-0.39, 0.29) is 5.78 Å². The molecule has 0 spiro atoms. The van der Waals surface area contributed by atoms with E-state index in [9.17, 15) is 4.79 Å². The van der Waals surface area contributed by atoms with Gasteiger partial charge in [0.25, 0.3) is 0 Å². The first-order chi connectivity index (χ1) is 9.31. The minimum absolute atomic E-state index is 0.0633. The second kappa shape index (κ2) is 4.82. The van der Waals surface area contributed by atoms with Gasteiger partial charge in [-0.3, -0.25) is 4.79 Å². The number of ketones is 1. The van der Waals surface area contributed by atoms with Gasteiger partial charge in [-0.1, -0.05) is 42.5 Å². The van der Waals surface area contributed by atoms with Gasteiger partial charge in [0.1, 0.15) is 0 Å². The monoisotopic (exact) mass is 250 g/mol. The highest BCUT2D eigenvalue weighted by molar-refractivity contribution is 6.22. The number of hydrogen-bond acceptors (Lipinski definition) is 2. The second-order valence-corrected chi connectivity index (χ2v) is 4.55. The molecule has 0 aromatic heterocycles. The predicted molar refractivity (Wildman–Crippen MR) is 77.3 cm³/mol. The highest BCUT2D eigenvalue weighted by Crippen LogP contribution is 2.31. The van der Waals surface area contributed by atoms with E-state index in [4.69, 9.17) is 4.74 Å². The average Bonchev–Trinajstić information content (AvgIpc) is 2.44. The van der Waals surface area contributed by atoms with Crippen molar-refractivity contribution in [2.24, 2.45) is 0 Å². The molecule has 0 N–H and O–H groups in total. The highest BCUT2D eigenvalue weighted by Gasteiger charge is 2.21. The molecule has 2 aromatic carbocycles. The van der Waals surface area contributed by atoms with E-state index in [1.165, 1.54) is 0 Å². The Morgan fingerprint density at radius 2 is 1.95 bits per heavy atom. The zero-order valence-corrected chi connectivity index (χ0v) is 10.6. The largest absolute Gasteiger partial charge is 0.373 e. The molecule has 0 aliphatic heterocycles. The number of Topliss-reactive ketones (excluding diaryl/α,β-unsaturated/α-hetero) is 1. The fraction of sp³-hybridized carbons (Fsp3) is 0.118. The third-order valence-electron chi connectivity index (χ3n) is 3.30. The van der Waals surface area contributed by atoms with Crippen molar-refractivity contribution >= 4 is 22.6 Å². The maximum atomic E-state index is 12.4. The van der Waals surface area contributed by atoms with E-state index >= 15 is 0 Å². The lowest BCUT2D eigenvalue weighted by Gasteiger charge is -2.16. The molecule has 0 bridgehead atoms. The van der Waals surface area contributed by atoms with Crippen LogP contribution < -0.4 is 0 Å². The van der Waals surface area contributed by atoms with Crippen LogP contribution >= 0.6 is 0 Å². The molecule has 0 saturated carbocycles. The molecule has 2 nitrogen and oxygen atoms in total. The van der Waals surface area contributed by atoms with Crippen LogP contribution in [0.3, 0.4) is 0 Å². The van der Waals surface area contributed by atoms with E-state index in [0.29, 0.717) is 18.8 Å². The molecule has 1 aliphatic carbocycles. The molecule has 3 rings (SSSR count). The van der Waals surface area contributed by atoms with Gasteiger partial charge in [-0.15, -0.1) is 6.58 Å². The summed E-state index contributed by atoms with van der Waals surface area (Å²) in [6.07, 6.45) is 3.61. The smallest absolute Gasteiger partial charge is 0.192 e. The van der Waals surface area contributed by atoms with Crippen molar-refractivity contribution in [2.45, 2.75) is 0 Å². The zero-order chi connectivity index (χ0) is 13.2. The van der Waals surface area contributed by atoms with Crippen LogP contribution in [0.15, 0.2) is 54.6 Å². The van der Waals surface area contributed by atoms with E-state index in [0.717, 1.165) is 21.9 Å². The predicted octanol–water partition coefficient (Wildman–Crippen LogP) is 3.62. The zero-order valence-electron chi connectivity index (χ0n) is 10.6. The summed E-state index contributed by atoms with van der Waals surface area (Å²) in [5.74, 6) is 0.0633. The molecule has 19 heavy (non-hydrogen) atoms. The fourth-order valence-corrected chi connectivity index (χ4v) is 2.47. The molecule has 0 radical (unpaired) electrons. The average molecular weight is 250 g/mol. The quantitative estimate of drug-likeness (QED) is 0.612. The Balaban J connectivity index is 2.08. The molecular formula is C17H14O2. The molecule has 0 saturated heterocycles. The maximum absolute atomic E-state index is 12.4.